The smallest absolute Gasteiger partial charge is 0.336 e. The van der Waals surface area contributed by atoms with E-state index in [4.69, 9.17) is 16.6 Å². The lowest BCUT2D eigenvalue weighted by Gasteiger charge is -2.06. The molecular formula is C11H8O4. The van der Waals surface area contributed by atoms with Gasteiger partial charge in [0.05, 0.1) is 11.1 Å². The molecule has 0 unspecified atom stereocenters. The summed E-state index contributed by atoms with van der Waals surface area (Å²) in [5, 5.41) is 17.7. The van der Waals surface area contributed by atoms with Crippen LogP contribution >= 0.6 is 0 Å². The lowest BCUT2D eigenvalue weighted by molar-refractivity contribution is 0.0696. The van der Waals surface area contributed by atoms with Crippen molar-refractivity contribution in [1.82, 2.24) is 0 Å². The van der Waals surface area contributed by atoms with Crippen LogP contribution in [0.1, 0.15) is 26.3 Å². The summed E-state index contributed by atoms with van der Waals surface area (Å²) in [5.74, 6) is -0.107. The molecule has 0 heterocycles. The summed E-state index contributed by atoms with van der Waals surface area (Å²) in [7, 11) is 0. The largest absolute Gasteiger partial charge is 0.478 e. The zero-order valence-electron chi connectivity index (χ0n) is 7.73. The van der Waals surface area contributed by atoms with Crippen LogP contribution in [0.3, 0.4) is 0 Å². The van der Waals surface area contributed by atoms with E-state index in [9.17, 15) is 9.59 Å². The normalized spacial score (nSPS) is 9.27. The van der Waals surface area contributed by atoms with Gasteiger partial charge in [0, 0.05) is 6.42 Å². The average molecular weight is 204 g/mol. The number of terminal acetylenes is 1. The number of rotatable bonds is 3. The molecule has 0 saturated carbocycles. The summed E-state index contributed by atoms with van der Waals surface area (Å²) in [6, 6.07) is 4.05. The molecule has 0 atom stereocenters. The standard InChI is InChI=1S/C11H8O4/c1-2-4-7-8(10(12)13)5-3-6-9(7)11(14)15/h1,3,5-6H,4H2,(H,12,13)(H,14,15). The minimum atomic E-state index is -1.18. The van der Waals surface area contributed by atoms with Gasteiger partial charge in [0.25, 0.3) is 0 Å². The van der Waals surface area contributed by atoms with Crippen molar-refractivity contribution < 1.29 is 19.8 Å². The summed E-state index contributed by atoms with van der Waals surface area (Å²) in [4.78, 5) is 21.6. The Morgan fingerprint density at radius 1 is 1.20 bits per heavy atom. The minimum Gasteiger partial charge on any atom is -0.478 e. The van der Waals surface area contributed by atoms with Gasteiger partial charge in [-0.1, -0.05) is 6.07 Å². The quantitative estimate of drug-likeness (QED) is 0.727. The summed E-state index contributed by atoms with van der Waals surface area (Å²) in [6.45, 7) is 0. The first-order valence-corrected chi connectivity index (χ1v) is 4.10. The second-order valence-electron chi connectivity index (χ2n) is 2.82. The van der Waals surface area contributed by atoms with Crippen LogP contribution in [0.15, 0.2) is 18.2 Å². The van der Waals surface area contributed by atoms with Crippen molar-refractivity contribution in [3.05, 3.63) is 34.9 Å². The van der Waals surface area contributed by atoms with E-state index in [0.29, 0.717) is 0 Å². The van der Waals surface area contributed by atoms with Crippen LogP contribution in [-0.4, -0.2) is 22.2 Å². The zero-order chi connectivity index (χ0) is 11.4. The lowest BCUT2D eigenvalue weighted by atomic mass is 9.98. The fourth-order valence-corrected chi connectivity index (χ4v) is 1.28. The van der Waals surface area contributed by atoms with Gasteiger partial charge in [-0.15, -0.1) is 12.3 Å². The van der Waals surface area contributed by atoms with Crippen molar-refractivity contribution in [2.75, 3.05) is 0 Å². The van der Waals surface area contributed by atoms with Crippen molar-refractivity contribution in [1.29, 1.82) is 0 Å². The van der Waals surface area contributed by atoms with Gasteiger partial charge in [0.15, 0.2) is 0 Å². The van der Waals surface area contributed by atoms with Gasteiger partial charge in [0.1, 0.15) is 0 Å². The highest BCUT2D eigenvalue weighted by Crippen LogP contribution is 2.15. The third-order valence-corrected chi connectivity index (χ3v) is 1.92. The first-order valence-electron chi connectivity index (χ1n) is 4.10. The first-order chi connectivity index (χ1) is 7.07. The average Bonchev–Trinajstić information content (AvgIpc) is 2.17. The molecule has 0 amide bonds. The predicted molar refractivity (Wildman–Crippen MR) is 52.9 cm³/mol. The van der Waals surface area contributed by atoms with Gasteiger partial charge in [0.2, 0.25) is 0 Å². The monoisotopic (exact) mass is 204 g/mol. The van der Waals surface area contributed by atoms with E-state index in [1.807, 2.05) is 0 Å². The van der Waals surface area contributed by atoms with Gasteiger partial charge >= 0.3 is 11.9 Å². The number of carbonyl (C=O) groups is 2. The molecule has 0 spiro atoms. The molecule has 0 aliphatic rings. The minimum absolute atomic E-state index is 0.00981. The molecule has 76 valence electrons. The third-order valence-electron chi connectivity index (χ3n) is 1.92. The molecule has 1 aromatic carbocycles. The van der Waals surface area contributed by atoms with Gasteiger partial charge in [-0.2, -0.15) is 0 Å². The number of aromatic carboxylic acids is 2. The fraction of sp³-hybridized carbons (Fsp3) is 0.0909. The predicted octanol–water partition coefficient (Wildman–Crippen LogP) is 1.26. The first kappa shape index (κ1) is 10.8. The highest BCUT2D eigenvalue weighted by Gasteiger charge is 2.16. The zero-order valence-corrected chi connectivity index (χ0v) is 7.73. The molecule has 0 aromatic heterocycles. The van der Waals surface area contributed by atoms with Crippen LogP contribution < -0.4 is 0 Å². The van der Waals surface area contributed by atoms with Crippen LogP contribution in [0.2, 0.25) is 0 Å². The van der Waals surface area contributed by atoms with Crippen LogP contribution in [0, 0.1) is 12.3 Å². The van der Waals surface area contributed by atoms with E-state index in [1.54, 1.807) is 0 Å². The van der Waals surface area contributed by atoms with Crippen LogP contribution in [-0.2, 0) is 6.42 Å². The van der Waals surface area contributed by atoms with Crippen molar-refractivity contribution in [2.24, 2.45) is 0 Å². The number of benzene rings is 1. The summed E-state index contributed by atoms with van der Waals surface area (Å²) in [6.07, 6.45) is 5.05. The maximum Gasteiger partial charge on any atom is 0.336 e. The molecule has 2 N–H and O–H groups in total. The molecule has 4 heteroatoms. The molecule has 0 aliphatic heterocycles. The highest BCUT2D eigenvalue weighted by atomic mass is 16.4. The SMILES string of the molecule is C#CCc1c(C(=O)O)cccc1C(=O)O. The molecule has 4 nitrogen and oxygen atoms in total. The number of carboxylic acid groups (broad SMARTS) is 2. The Bertz CT molecular complexity index is 422. The van der Waals surface area contributed by atoms with Crippen molar-refractivity contribution in [3.63, 3.8) is 0 Å². The number of carboxylic acids is 2. The van der Waals surface area contributed by atoms with Crippen molar-refractivity contribution in [2.45, 2.75) is 6.42 Å². The number of hydrogen-bond acceptors (Lipinski definition) is 2. The topological polar surface area (TPSA) is 74.6 Å². The van der Waals surface area contributed by atoms with E-state index in [-0.39, 0.29) is 23.1 Å². The van der Waals surface area contributed by atoms with E-state index in [1.165, 1.54) is 18.2 Å². The maximum atomic E-state index is 10.8. The van der Waals surface area contributed by atoms with E-state index in [0.717, 1.165) is 0 Å². The van der Waals surface area contributed by atoms with Gasteiger partial charge in [-0.3, -0.25) is 0 Å². The van der Waals surface area contributed by atoms with Crippen LogP contribution in [0.5, 0.6) is 0 Å². The molecule has 15 heavy (non-hydrogen) atoms. The van der Waals surface area contributed by atoms with E-state index >= 15 is 0 Å². The molecule has 1 aromatic rings. The highest BCUT2D eigenvalue weighted by molar-refractivity contribution is 5.96. The van der Waals surface area contributed by atoms with E-state index in [2.05, 4.69) is 5.92 Å². The third kappa shape index (κ3) is 2.15. The summed E-state index contributed by atoms with van der Waals surface area (Å²) >= 11 is 0. The second-order valence-corrected chi connectivity index (χ2v) is 2.82. The summed E-state index contributed by atoms with van der Waals surface area (Å²) < 4.78 is 0. The van der Waals surface area contributed by atoms with Crippen LogP contribution in [0.4, 0.5) is 0 Å². The van der Waals surface area contributed by atoms with E-state index < -0.39 is 11.9 Å². The lowest BCUT2D eigenvalue weighted by Crippen LogP contribution is -2.09. The molecular weight excluding hydrogens is 196 g/mol. The molecule has 0 radical (unpaired) electrons. The molecule has 0 fully saturated rings. The van der Waals surface area contributed by atoms with Crippen molar-refractivity contribution >= 4 is 11.9 Å². The molecule has 0 saturated heterocycles. The number of hydrogen-bond donors (Lipinski definition) is 2. The fourth-order valence-electron chi connectivity index (χ4n) is 1.28. The van der Waals surface area contributed by atoms with Gasteiger partial charge in [-0.05, 0) is 17.7 Å². The Labute approximate surface area is 86.2 Å². The Kier molecular flexibility index (Phi) is 3.09. The molecule has 1 rings (SSSR count). The molecule has 0 bridgehead atoms. The van der Waals surface area contributed by atoms with Gasteiger partial charge < -0.3 is 10.2 Å². The van der Waals surface area contributed by atoms with Crippen LogP contribution in [0.25, 0.3) is 0 Å². The Hall–Kier alpha value is -2.28. The molecule has 0 aliphatic carbocycles. The second kappa shape index (κ2) is 4.29. The van der Waals surface area contributed by atoms with Gasteiger partial charge in [-0.25, -0.2) is 9.59 Å². The summed E-state index contributed by atoms with van der Waals surface area (Å²) in [5.41, 5.74) is 0.0423. The Morgan fingerprint density at radius 3 is 2.00 bits per heavy atom. The Balaban J connectivity index is 3.42. The maximum absolute atomic E-state index is 10.8. The van der Waals surface area contributed by atoms with Crippen molar-refractivity contribution in [3.8, 4) is 12.3 Å². The Morgan fingerprint density at radius 2 is 1.67 bits per heavy atom.